The Kier molecular flexibility index (Phi) is 4.96. The molecule has 8 heteroatoms. The smallest absolute Gasteiger partial charge is 0.146 e. The van der Waals surface area contributed by atoms with E-state index in [1.54, 1.807) is 17.8 Å². The Morgan fingerprint density at radius 2 is 2.19 bits per heavy atom. The first-order valence-corrected chi connectivity index (χ1v) is 10.5. The molecule has 0 unspecified atom stereocenters. The van der Waals surface area contributed by atoms with Gasteiger partial charge in [-0.1, -0.05) is 0 Å². The predicted octanol–water partition coefficient (Wildman–Crippen LogP) is 2.81. The van der Waals surface area contributed by atoms with Crippen LogP contribution >= 0.6 is 0 Å². The third kappa shape index (κ3) is 3.37. The number of nitrogens with one attached hydrogen (secondary N) is 1. The number of pyridine rings is 1. The summed E-state index contributed by atoms with van der Waals surface area (Å²) in [6, 6.07) is 4.63. The number of nitriles is 1. The van der Waals surface area contributed by atoms with Crippen LogP contribution in [0.5, 0.6) is 5.75 Å². The van der Waals surface area contributed by atoms with E-state index < -0.39 is 0 Å². The monoisotopic (exact) mass is 415 g/mol. The van der Waals surface area contributed by atoms with E-state index in [1.165, 1.54) is 12.8 Å². The van der Waals surface area contributed by atoms with E-state index in [1.807, 2.05) is 23.1 Å². The first-order chi connectivity index (χ1) is 15.2. The van der Waals surface area contributed by atoms with Crippen molar-refractivity contribution < 1.29 is 4.74 Å². The van der Waals surface area contributed by atoms with Gasteiger partial charge in [-0.2, -0.15) is 15.5 Å². The van der Waals surface area contributed by atoms with E-state index in [9.17, 15) is 5.26 Å². The number of fused-ring (bicyclic) bond motifs is 1. The summed E-state index contributed by atoms with van der Waals surface area (Å²) in [5, 5.41) is 21.9. The largest absolute Gasteiger partial charge is 0.494 e. The first kappa shape index (κ1) is 19.4. The Morgan fingerprint density at radius 3 is 2.97 bits per heavy atom. The van der Waals surface area contributed by atoms with Crippen LogP contribution in [-0.4, -0.2) is 57.1 Å². The third-order valence-electron chi connectivity index (χ3n) is 6.16. The quantitative estimate of drug-likeness (QED) is 0.706. The molecular formula is C23H25N7O. The Morgan fingerprint density at radius 1 is 1.29 bits per heavy atom. The van der Waals surface area contributed by atoms with Gasteiger partial charge in [0.25, 0.3) is 0 Å². The van der Waals surface area contributed by atoms with E-state index >= 15 is 0 Å². The highest BCUT2D eigenvalue weighted by Crippen LogP contribution is 2.32. The standard InChI is InChI=1S/C23H25N7O/c1-16-21(17-9-22(31-2)23-18(10-24)11-26-29(23)14-17)13-27-30(16)20-6-4-8-28(15-20)19-5-3-7-25-12-19/h4,6,8-9,11,13-14,19,25H,3,5,7,12,15H2,1-2H3/t19-/m1/s1. The molecule has 5 heterocycles. The van der Waals surface area contributed by atoms with Crippen molar-refractivity contribution >= 4 is 11.2 Å². The second-order valence-corrected chi connectivity index (χ2v) is 7.99. The molecule has 3 aromatic rings. The van der Waals surface area contributed by atoms with Crippen molar-refractivity contribution in [1.29, 1.82) is 5.26 Å². The molecule has 2 aliphatic heterocycles. The van der Waals surface area contributed by atoms with Crippen LogP contribution < -0.4 is 10.1 Å². The Labute approximate surface area is 181 Å². The van der Waals surface area contributed by atoms with E-state index in [-0.39, 0.29) is 0 Å². The van der Waals surface area contributed by atoms with Crippen molar-refractivity contribution in [3.63, 3.8) is 0 Å². The topological polar surface area (TPSA) is 83.4 Å². The van der Waals surface area contributed by atoms with Gasteiger partial charge in [-0.15, -0.1) is 0 Å². The second kappa shape index (κ2) is 7.93. The molecule has 3 aromatic heterocycles. The maximum absolute atomic E-state index is 9.35. The molecule has 1 N–H and O–H groups in total. The van der Waals surface area contributed by atoms with Crippen LogP contribution in [0.4, 0.5) is 0 Å². The normalized spacial score (nSPS) is 18.8. The summed E-state index contributed by atoms with van der Waals surface area (Å²) in [6.07, 6.45) is 14.2. The zero-order valence-electron chi connectivity index (χ0n) is 17.7. The highest BCUT2D eigenvalue weighted by molar-refractivity contribution is 5.76. The molecule has 1 fully saturated rings. The molecule has 0 aliphatic carbocycles. The summed E-state index contributed by atoms with van der Waals surface area (Å²) in [5.74, 6) is 0.620. The van der Waals surface area contributed by atoms with Crippen LogP contribution in [0.25, 0.3) is 22.3 Å². The fourth-order valence-corrected chi connectivity index (χ4v) is 4.51. The van der Waals surface area contributed by atoms with Gasteiger partial charge < -0.3 is 15.0 Å². The third-order valence-corrected chi connectivity index (χ3v) is 6.16. The SMILES string of the molecule is COc1cc(-c2cnn(C3=CC=CN([C@@H]4CCCNC4)C3)c2C)cn2ncc(C#N)c12. The van der Waals surface area contributed by atoms with Crippen molar-refractivity contribution in [1.82, 2.24) is 29.6 Å². The van der Waals surface area contributed by atoms with Crippen LogP contribution in [0.2, 0.25) is 0 Å². The van der Waals surface area contributed by atoms with Crippen LogP contribution in [0.1, 0.15) is 24.1 Å². The Balaban J connectivity index is 1.47. The van der Waals surface area contributed by atoms with E-state index in [0.29, 0.717) is 22.9 Å². The van der Waals surface area contributed by atoms with Gasteiger partial charge in [0.1, 0.15) is 22.9 Å². The van der Waals surface area contributed by atoms with Crippen molar-refractivity contribution in [2.75, 3.05) is 26.7 Å². The number of hydrogen-bond acceptors (Lipinski definition) is 6. The number of methoxy groups -OCH3 is 1. The summed E-state index contributed by atoms with van der Waals surface area (Å²) < 4.78 is 9.28. The molecule has 1 atom stereocenters. The van der Waals surface area contributed by atoms with Crippen LogP contribution in [-0.2, 0) is 0 Å². The lowest BCUT2D eigenvalue weighted by molar-refractivity contribution is 0.247. The molecule has 0 amide bonds. The number of hydrogen-bond donors (Lipinski definition) is 1. The average molecular weight is 416 g/mol. The van der Waals surface area contributed by atoms with E-state index in [4.69, 9.17) is 9.84 Å². The van der Waals surface area contributed by atoms with Gasteiger partial charge in [0, 0.05) is 35.6 Å². The molecule has 158 valence electrons. The maximum atomic E-state index is 9.35. The number of aromatic nitrogens is 4. The lowest BCUT2D eigenvalue weighted by atomic mass is 10.0. The molecule has 0 aromatic carbocycles. The number of rotatable bonds is 4. The molecule has 0 radical (unpaired) electrons. The van der Waals surface area contributed by atoms with Crippen LogP contribution in [0, 0.1) is 18.3 Å². The number of allylic oxidation sites excluding steroid dienone is 2. The Hall–Kier alpha value is -3.57. The van der Waals surface area contributed by atoms with Crippen molar-refractivity contribution in [2.45, 2.75) is 25.8 Å². The van der Waals surface area contributed by atoms with E-state index in [2.05, 4.69) is 46.7 Å². The summed E-state index contributed by atoms with van der Waals surface area (Å²) in [6.45, 7) is 5.04. The zero-order chi connectivity index (χ0) is 21.4. The van der Waals surface area contributed by atoms with Gasteiger partial charge >= 0.3 is 0 Å². The number of nitrogens with zero attached hydrogens (tertiary/aromatic N) is 6. The molecule has 0 spiro atoms. The molecule has 8 nitrogen and oxygen atoms in total. The number of piperidine rings is 1. The molecule has 1 saturated heterocycles. The maximum Gasteiger partial charge on any atom is 0.146 e. The summed E-state index contributed by atoms with van der Waals surface area (Å²) in [4.78, 5) is 2.41. The van der Waals surface area contributed by atoms with Gasteiger partial charge in [0.2, 0.25) is 0 Å². The minimum Gasteiger partial charge on any atom is -0.494 e. The predicted molar refractivity (Wildman–Crippen MR) is 118 cm³/mol. The molecular weight excluding hydrogens is 390 g/mol. The highest BCUT2D eigenvalue weighted by Gasteiger charge is 2.23. The average Bonchev–Trinajstić information content (AvgIpc) is 3.42. The number of ether oxygens (including phenoxy) is 1. The van der Waals surface area contributed by atoms with Crippen LogP contribution in [0.15, 0.2) is 43.0 Å². The van der Waals surface area contributed by atoms with Gasteiger partial charge in [0.15, 0.2) is 0 Å². The lowest BCUT2D eigenvalue weighted by Gasteiger charge is -2.35. The summed E-state index contributed by atoms with van der Waals surface area (Å²) in [7, 11) is 1.61. The fraction of sp³-hybridized carbons (Fsp3) is 0.348. The summed E-state index contributed by atoms with van der Waals surface area (Å²) >= 11 is 0. The molecule has 31 heavy (non-hydrogen) atoms. The van der Waals surface area contributed by atoms with E-state index in [0.717, 1.165) is 42.2 Å². The minimum atomic E-state index is 0.493. The molecule has 2 aliphatic rings. The van der Waals surface area contributed by atoms with Crippen molar-refractivity contribution in [3.05, 3.63) is 54.3 Å². The minimum absolute atomic E-state index is 0.493. The summed E-state index contributed by atoms with van der Waals surface area (Å²) in [5.41, 5.74) is 5.33. The van der Waals surface area contributed by atoms with Gasteiger partial charge in [-0.25, -0.2) is 9.20 Å². The van der Waals surface area contributed by atoms with Crippen molar-refractivity contribution in [2.24, 2.45) is 0 Å². The Bertz CT molecular complexity index is 1220. The zero-order valence-corrected chi connectivity index (χ0v) is 17.7. The lowest BCUT2D eigenvalue weighted by Crippen LogP contribution is -2.44. The van der Waals surface area contributed by atoms with Gasteiger partial charge in [-0.3, -0.25) is 0 Å². The second-order valence-electron chi connectivity index (χ2n) is 7.99. The van der Waals surface area contributed by atoms with Gasteiger partial charge in [-0.05, 0) is 50.7 Å². The highest BCUT2D eigenvalue weighted by atomic mass is 16.5. The van der Waals surface area contributed by atoms with Gasteiger partial charge in [0.05, 0.1) is 31.7 Å². The first-order valence-electron chi connectivity index (χ1n) is 10.5. The van der Waals surface area contributed by atoms with Crippen molar-refractivity contribution in [3.8, 4) is 22.9 Å². The molecule has 5 rings (SSSR count). The van der Waals surface area contributed by atoms with Crippen LogP contribution in [0.3, 0.4) is 0 Å². The molecule has 0 bridgehead atoms. The molecule has 0 saturated carbocycles. The fourth-order valence-electron chi connectivity index (χ4n) is 4.51.